The summed E-state index contributed by atoms with van der Waals surface area (Å²) in [6.45, 7) is 1.88. The lowest BCUT2D eigenvalue weighted by Crippen LogP contribution is -2.12. The Morgan fingerprint density at radius 1 is 1.38 bits per heavy atom. The van der Waals surface area contributed by atoms with E-state index < -0.39 is 16.0 Å². The van der Waals surface area contributed by atoms with E-state index in [1.54, 1.807) is 18.4 Å². The van der Waals surface area contributed by atoms with Crippen molar-refractivity contribution in [3.8, 4) is 0 Å². The van der Waals surface area contributed by atoms with Crippen molar-refractivity contribution in [3.05, 3.63) is 46.3 Å². The largest absolute Gasteiger partial charge is 0.462 e. The monoisotopic (exact) mass is 345 g/mol. The second-order valence-electron chi connectivity index (χ2n) is 3.95. The van der Waals surface area contributed by atoms with E-state index >= 15 is 0 Å². The summed E-state index contributed by atoms with van der Waals surface area (Å²) in [5.74, 6) is -0.598. The molecule has 0 radical (unpaired) electrons. The Labute approximate surface area is 131 Å². The highest BCUT2D eigenvalue weighted by molar-refractivity contribution is 7.94. The minimum Gasteiger partial charge on any atom is -0.462 e. The van der Waals surface area contributed by atoms with E-state index in [9.17, 15) is 13.2 Å². The van der Waals surface area contributed by atoms with Crippen LogP contribution in [0.4, 0.5) is 5.69 Å². The molecule has 0 saturated heterocycles. The molecular weight excluding hydrogens is 334 g/mol. The summed E-state index contributed by atoms with van der Waals surface area (Å²) < 4.78 is 31.7. The number of sulfonamides is 1. The predicted molar refractivity (Wildman–Crippen MR) is 82.5 cm³/mol. The molecule has 1 aromatic carbocycles. The van der Waals surface area contributed by atoms with Crippen LogP contribution in [0.5, 0.6) is 0 Å². The average molecular weight is 346 g/mol. The van der Waals surface area contributed by atoms with Crippen LogP contribution in [0.3, 0.4) is 0 Å². The zero-order valence-corrected chi connectivity index (χ0v) is 13.4. The van der Waals surface area contributed by atoms with Crippen LogP contribution in [-0.2, 0) is 14.8 Å². The van der Waals surface area contributed by atoms with Gasteiger partial charge in [-0.15, -0.1) is 11.3 Å². The van der Waals surface area contributed by atoms with Gasteiger partial charge in [-0.3, -0.25) is 4.72 Å². The van der Waals surface area contributed by atoms with Crippen molar-refractivity contribution < 1.29 is 17.9 Å². The van der Waals surface area contributed by atoms with Gasteiger partial charge in [0.15, 0.2) is 0 Å². The first kappa shape index (κ1) is 15.8. The van der Waals surface area contributed by atoms with Gasteiger partial charge in [0.05, 0.1) is 17.2 Å². The van der Waals surface area contributed by atoms with E-state index in [0.717, 1.165) is 11.3 Å². The molecule has 21 heavy (non-hydrogen) atoms. The van der Waals surface area contributed by atoms with E-state index in [-0.39, 0.29) is 27.1 Å². The molecule has 0 unspecified atom stereocenters. The molecule has 112 valence electrons. The van der Waals surface area contributed by atoms with Gasteiger partial charge in [-0.05, 0) is 36.6 Å². The molecule has 0 fully saturated rings. The van der Waals surface area contributed by atoms with Gasteiger partial charge in [0.2, 0.25) is 0 Å². The fourth-order valence-corrected chi connectivity index (χ4v) is 3.81. The summed E-state index contributed by atoms with van der Waals surface area (Å²) >= 11 is 7.02. The minimum absolute atomic E-state index is 0.116. The number of esters is 1. The summed E-state index contributed by atoms with van der Waals surface area (Å²) in [4.78, 5) is 11.7. The van der Waals surface area contributed by atoms with Crippen LogP contribution in [0.2, 0.25) is 5.02 Å². The molecule has 1 heterocycles. The van der Waals surface area contributed by atoms with Crippen molar-refractivity contribution in [1.82, 2.24) is 0 Å². The molecule has 8 heteroatoms. The van der Waals surface area contributed by atoms with Crippen molar-refractivity contribution in [2.24, 2.45) is 0 Å². The highest BCUT2D eigenvalue weighted by atomic mass is 35.5. The fourth-order valence-electron chi connectivity index (χ4n) is 1.58. The third-order valence-corrected chi connectivity index (χ3v) is 5.58. The number of benzene rings is 1. The Bertz CT molecular complexity index is 742. The number of halogens is 1. The fraction of sp³-hybridized carbons (Fsp3) is 0.154. The third kappa shape index (κ3) is 3.75. The van der Waals surface area contributed by atoms with Crippen molar-refractivity contribution in [3.63, 3.8) is 0 Å². The zero-order valence-electron chi connectivity index (χ0n) is 11.0. The quantitative estimate of drug-likeness (QED) is 0.843. The van der Waals surface area contributed by atoms with Crippen LogP contribution >= 0.6 is 22.9 Å². The zero-order chi connectivity index (χ0) is 15.5. The number of carbonyl (C=O) groups excluding carboxylic acids is 1. The normalized spacial score (nSPS) is 11.1. The third-order valence-electron chi connectivity index (χ3n) is 2.47. The Kier molecular flexibility index (Phi) is 4.87. The van der Waals surface area contributed by atoms with Gasteiger partial charge in [-0.1, -0.05) is 17.7 Å². The number of ether oxygens (including phenoxy) is 1. The van der Waals surface area contributed by atoms with Gasteiger partial charge in [0.1, 0.15) is 4.21 Å². The number of hydrogen-bond acceptors (Lipinski definition) is 5. The number of nitrogens with one attached hydrogen (secondary N) is 1. The number of hydrogen-bond donors (Lipinski definition) is 1. The van der Waals surface area contributed by atoms with Crippen LogP contribution in [-0.4, -0.2) is 21.0 Å². The summed E-state index contributed by atoms with van der Waals surface area (Å²) in [5.41, 5.74) is 0.362. The molecule has 0 aliphatic rings. The van der Waals surface area contributed by atoms with Crippen LogP contribution in [0.25, 0.3) is 0 Å². The Balaban J connectivity index is 2.30. The molecule has 0 aliphatic carbocycles. The van der Waals surface area contributed by atoms with Gasteiger partial charge in [0.25, 0.3) is 10.0 Å². The molecule has 0 bridgehead atoms. The van der Waals surface area contributed by atoms with E-state index in [0.29, 0.717) is 0 Å². The smallest absolute Gasteiger partial charge is 0.339 e. The van der Waals surface area contributed by atoms with Crippen LogP contribution < -0.4 is 4.72 Å². The number of rotatable bonds is 5. The molecule has 2 aromatic rings. The number of anilines is 1. The summed E-state index contributed by atoms with van der Waals surface area (Å²) in [6.07, 6.45) is 0. The van der Waals surface area contributed by atoms with E-state index in [4.69, 9.17) is 16.3 Å². The first-order chi connectivity index (χ1) is 9.94. The van der Waals surface area contributed by atoms with Crippen LogP contribution in [0.15, 0.2) is 39.9 Å². The average Bonchev–Trinajstić information content (AvgIpc) is 2.96. The predicted octanol–water partition coefficient (Wildman–Crippen LogP) is 3.38. The Hall–Kier alpha value is -1.57. The van der Waals surface area contributed by atoms with Gasteiger partial charge < -0.3 is 4.74 Å². The van der Waals surface area contributed by atoms with Gasteiger partial charge in [0, 0.05) is 5.69 Å². The topological polar surface area (TPSA) is 72.5 Å². The van der Waals surface area contributed by atoms with E-state index in [1.807, 2.05) is 0 Å². The molecule has 0 saturated carbocycles. The maximum atomic E-state index is 12.1. The molecular formula is C13H12ClNO4S2. The Morgan fingerprint density at radius 2 is 2.14 bits per heavy atom. The lowest BCUT2D eigenvalue weighted by Gasteiger charge is -2.09. The first-order valence-electron chi connectivity index (χ1n) is 5.97. The van der Waals surface area contributed by atoms with Crippen molar-refractivity contribution >= 4 is 44.6 Å². The second-order valence-corrected chi connectivity index (χ2v) is 7.22. The maximum absolute atomic E-state index is 12.1. The minimum atomic E-state index is -3.66. The van der Waals surface area contributed by atoms with Crippen molar-refractivity contribution in [2.45, 2.75) is 11.1 Å². The highest BCUT2D eigenvalue weighted by Crippen LogP contribution is 2.25. The molecule has 1 N–H and O–H groups in total. The SMILES string of the molecule is CCOC(=O)c1cc(NS(=O)(=O)c2cccs2)ccc1Cl. The van der Waals surface area contributed by atoms with Gasteiger partial charge in [-0.25, -0.2) is 13.2 Å². The summed E-state index contributed by atoms with van der Waals surface area (Å²) in [7, 11) is -3.66. The van der Waals surface area contributed by atoms with Crippen molar-refractivity contribution in [2.75, 3.05) is 11.3 Å². The van der Waals surface area contributed by atoms with Crippen molar-refractivity contribution in [1.29, 1.82) is 0 Å². The lowest BCUT2D eigenvalue weighted by atomic mass is 10.2. The Morgan fingerprint density at radius 3 is 2.76 bits per heavy atom. The molecule has 1 aromatic heterocycles. The van der Waals surface area contributed by atoms with E-state index in [1.165, 1.54) is 24.3 Å². The molecule has 5 nitrogen and oxygen atoms in total. The van der Waals surface area contributed by atoms with Gasteiger partial charge in [-0.2, -0.15) is 0 Å². The second kappa shape index (κ2) is 6.46. The summed E-state index contributed by atoms with van der Waals surface area (Å²) in [6, 6.07) is 7.42. The van der Waals surface area contributed by atoms with Crippen LogP contribution in [0.1, 0.15) is 17.3 Å². The lowest BCUT2D eigenvalue weighted by molar-refractivity contribution is 0.0526. The molecule has 0 aliphatic heterocycles. The highest BCUT2D eigenvalue weighted by Gasteiger charge is 2.17. The number of thiophene rings is 1. The van der Waals surface area contributed by atoms with Crippen LogP contribution in [0, 0.1) is 0 Å². The molecule has 2 rings (SSSR count). The number of carbonyl (C=O) groups is 1. The first-order valence-corrected chi connectivity index (χ1v) is 8.71. The maximum Gasteiger partial charge on any atom is 0.339 e. The van der Waals surface area contributed by atoms with E-state index in [2.05, 4.69) is 4.72 Å². The molecule has 0 atom stereocenters. The van der Waals surface area contributed by atoms with Gasteiger partial charge >= 0.3 is 5.97 Å². The molecule has 0 amide bonds. The molecule has 0 spiro atoms. The standard InChI is InChI=1S/C13H12ClNO4S2/c1-2-19-13(16)10-8-9(5-6-11(10)14)15-21(17,18)12-4-3-7-20-12/h3-8,15H,2H2,1H3. The summed E-state index contributed by atoms with van der Waals surface area (Å²) in [5, 5.41) is 1.87.